The first-order valence-corrected chi connectivity index (χ1v) is 11.1. The average Bonchev–Trinajstić information content (AvgIpc) is 2.63. The van der Waals surface area contributed by atoms with E-state index in [0.717, 1.165) is 43.8 Å². The summed E-state index contributed by atoms with van der Waals surface area (Å²) in [6.45, 7) is 6.15. The topological polar surface area (TPSA) is 73.7 Å². The Kier molecular flexibility index (Phi) is 8.59. The summed E-state index contributed by atoms with van der Waals surface area (Å²) in [5, 5.41) is 16.8. The van der Waals surface area contributed by atoms with Crippen LogP contribution in [-0.4, -0.2) is 46.8 Å². The molecule has 2 rings (SSSR count). The highest BCUT2D eigenvalue weighted by molar-refractivity contribution is 7.84. The third-order valence-electron chi connectivity index (χ3n) is 5.02. The molecule has 0 spiro atoms. The van der Waals surface area contributed by atoms with E-state index in [-0.39, 0.29) is 11.5 Å². The van der Waals surface area contributed by atoms with E-state index in [0.29, 0.717) is 24.6 Å². The van der Waals surface area contributed by atoms with Crippen LogP contribution >= 0.6 is 0 Å². The molecule has 0 bridgehead atoms. The minimum absolute atomic E-state index is 0.142. The molecule has 3 atom stereocenters. The van der Waals surface area contributed by atoms with Crippen LogP contribution in [0.2, 0.25) is 0 Å². The highest BCUT2D eigenvalue weighted by atomic mass is 32.2. The van der Waals surface area contributed by atoms with E-state index in [9.17, 15) is 9.32 Å². The van der Waals surface area contributed by atoms with Gasteiger partial charge in [-0.05, 0) is 25.3 Å². The Morgan fingerprint density at radius 3 is 2.77 bits per heavy atom. The van der Waals surface area contributed by atoms with Gasteiger partial charge in [-0.25, -0.2) is 0 Å². The number of nitrogens with zero attached hydrogens (tertiary/aromatic N) is 1. The Balaban J connectivity index is 1.80. The van der Waals surface area contributed by atoms with Crippen molar-refractivity contribution in [3.8, 4) is 0 Å². The fraction of sp³-hybridized carbons (Fsp3) is 0.650. The quantitative estimate of drug-likeness (QED) is 0.479. The van der Waals surface area contributed by atoms with Gasteiger partial charge in [0.05, 0.1) is 12.6 Å². The Labute approximate surface area is 160 Å². The van der Waals surface area contributed by atoms with Crippen molar-refractivity contribution in [3.63, 3.8) is 0 Å². The van der Waals surface area contributed by atoms with Crippen LogP contribution in [-0.2, 0) is 16.6 Å². The van der Waals surface area contributed by atoms with Crippen LogP contribution in [0.25, 0.3) is 0 Å². The first kappa shape index (κ1) is 20.9. The third-order valence-corrected chi connectivity index (χ3v) is 6.33. The molecule has 0 aliphatic heterocycles. The molecule has 3 N–H and O–H groups in total. The minimum Gasteiger partial charge on any atom is -0.392 e. The molecule has 1 aliphatic rings. The summed E-state index contributed by atoms with van der Waals surface area (Å²) in [5.74, 6) is 1.91. The van der Waals surface area contributed by atoms with Crippen LogP contribution in [0.1, 0.15) is 45.1 Å². The third kappa shape index (κ3) is 6.72. The summed E-state index contributed by atoms with van der Waals surface area (Å²) in [6.07, 6.45) is 3.87. The van der Waals surface area contributed by atoms with Crippen molar-refractivity contribution >= 4 is 16.8 Å². The highest BCUT2D eigenvalue weighted by Gasteiger charge is 2.35. The molecule has 0 radical (unpaired) electrons. The first-order valence-electron chi connectivity index (χ1n) is 9.62. The van der Waals surface area contributed by atoms with Gasteiger partial charge in [0, 0.05) is 40.8 Å². The number of aliphatic hydroxyl groups is 1. The van der Waals surface area contributed by atoms with Crippen molar-refractivity contribution in [2.75, 3.05) is 25.4 Å². The van der Waals surface area contributed by atoms with E-state index < -0.39 is 10.8 Å². The van der Waals surface area contributed by atoms with E-state index in [1.54, 1.807) is 0 Å². The summed E-state index contributed by atoms with van der Waals surface area (Å²) < 4.78 is 12.2. The molecule has 6 heteroatoms. The van der Waals surface area contributed by atoms with Gasteiger partial charge < -0.3 is 15.7 Å². The Morgan fingerprint density at radius 2 is 2.08 bits per heavy atom. The molecule has 0 amide bonds. The van der Waals surface area contributed by atoms with Crippen molar-refractivity contribution in [2.45, 2.75) is 51.4 Å². The van der Waals surface area contributed by atoms with Gasteiger partial charge in [-0.2, -0.15) is 0 Å². The molecular formula is C20H33N3O2S. The zero-order chi connectivity index (χ0) is 18.8. The van der Waals surface area contributed by atoms with Crippen molar-refractivity contribution < 1.29 is 9.32 Å². The first-order chi connectivity index (χ1) is 12.5. The smallest absolute Gasteiger partial charge is 0.191 e. The van der Waals surface area contributed by atoms with Crippen LogP contribution in [0.3, 0.4) is 0 Å². The van der Waals surface area contributed by atoms with Gasteiger partial charge in [-0.1, -0.05) is 50.1 Å². The minimum atomic E-state index is -0.899. The van der Waals surface area contributed by atoms with Crippen LogP contribution in [0, 0.1) is 5.41 Å². The predicted octanol–water partition coefficient (Wildman–Crippen LogP) is 2.43. The molecule has 0 saturated heterocycles. The number of hydrogen-bond donors (Lipinski definition) is 3. The zero-order valence-corrected chi connectivity index (χ0v) is 16.9. The van der Waals surface area contributed by atoms with Crippen LogP contribution in [0.15, 0.2) is 35.3 Å². The van der Waals surface area contributed by atoms with E-state index in [4.69, 9.17) is 0 Å². The maximum atomic E-state index is 12.2. The summed E-state index contributed by atoms with van der Waals surface area (Å²) in [7, 11) is -0.899. The Bertz CT molecular complexity index is 594. The van der Waals surface area contributed by atoms with Gasteiger partial charge in [0.25, 0.3) is 0 Å². The monoisotopic (exact) mass is 379 g/mol. The lowest BCUT2D eigenvalue weighted by Crippen LogP contribution is -2.42. The average molecular weight is 380 g/mol. The molecule has 0 aromatic heterocycles. The fourth-order valence-electron chi connectivity index (χ4n) is 3.28. The Hall–Kier alpha value is -1.40. The lowest BCUT2D eigenvalue weighted by Gasteiger charge is -2.37. The fourth-order valence-corrected chi connectivity index (χ4v) is 4.32. The second-order valence-corrected chi connectivity index (χ2v) is 8.89. The van der Waals surface area contributed by atoms with Crippen molar-refractivity contribution in [1.29, 1.82) is 0 Å². The number of benzene rings is 1. The van der Waals surface area contributed by atoms with E-state index >= 15 is 0 Å². The maximum absolute atomic E-state index is 12.2. The van der Waals surface area contributed by atoms with Crippen molar-refractivity contribution in [3.05, 3.63) is 35.9 Å². The highest BCUT2D eigenvalue weighted by Crippen LogP contribution is 2.36. The number of aliphatic hydroxyl groups excluding tert-OH is 1. The van der Waals surface area contributed by atoms with Crippen molar-refractivity contribution in [2.24, 2.45) is 10.4 Å². The largest absolute Gasteiger partial charge is 0.392 e. The molecule has 3 unspecified atom stereocenters. The summed E-state index contributed by atoms with van der Waals surface area (Å²) in [4.78, 5) is 4.68. The molecule has 146 valence electrons. The van der Waals surface area contributed by atoms with Crippen LogP contribution in [0.4, 0.5) is 0 Å². The number of nitrogens with one attached hydrogen (secondary N) is 2. The zero-order valence-electron chi connectivity index (χ0n) is 16.0. The molecule has 1 fully saturated rings. The van der Waals surface area contributed by atoms with E-state index in [1.807, 2.05) is 37.3 Å². The number of guanidine groups is 1. The van der Waals surface area contributed by atoms with Crippen molar-refractivity contribution in [1.82, 2.24) is 10.6 Å². The second kappa shape index (κ2) is 10.7. The van der Waals surface area contributed by atoms with Gasteiger partial charge in [-0.15, -0.1) is 0 Å². The van der Waals surface area contributed by atoms with Gasteiger partial charge in [0.2, 0.25) is 0 Å². The summed E-state index contributed by atoms with van der Waals surface area (Å²) >= 11 is 0. The van der Waals surface area contributed by atoms with Crippen LogP contribution < -0.4 is 10.6 Å². The standard InChI is InChI=1S/C20H33N3O2S/c1-3-21-19(23-16-20(2)12-8-7-11-18(20)24)22-13-14-26(25)15-17-9-5-4-6-10-17/h4-6,9-10,18,24H,3,7-8,11-16H2,1-2H3,(H2,21,22,23). The molecule has 5 nitrogen and oxygen atoms in total. The normalized spacial score (nSPS) is 24.9. The molecule has 1 aliphatic carbocycles. The molecule has 1 aromatic rings. The molecule has 26 heavy (non-hydrogen) atoms. The van der Waals surface area contributed by atoms with E-state index in [1.165, 1.54) is 0 Å². The van der Waals surface area contributed by atoms with Gasteiger partial charge in [0.1, 0.15) is 0 Å². The van der Waals surface area contributed by atoms with Gasteiger partial charge in [0.15, 0.2) is 5.96 Å². The molecule has 1 saturated carbocycles. The summed E-state index contributed by atoms with van der Waals surface area (Å²) in [6, 6.07) is 9.93. The lowest BCUT2D eigenvalue weighted by molar-refractivity contribution is 0.00716. The number of hydrogen-bond acceptors (Lipinski definition) is 3. The van der Waals surface area contributed by atoms with E-state index in [2.05, 4.69) is 22.5 Å². The summed E-state index contributed by atoms with van der Waals surface area (Å²) in [5.41, 5.74) is 0.960. The number of aliphatic imine (C=N–C) groups is 1. The lowest BCUT2D eigenvalue weighted by atomic mass is 9.73. The molecule has 0 heterocycles. The predicted molar refractivity (Wildman–Crippen MR) is 110 cm³/mol. The second-order valence-electron chi connectivity index (χ2n) is 7.31. The Morgan fingerprint density at radius 1 is 1.31 bits per heavy atom. The SMILES string of the molecule is CCNC(=NCC1(C)CCCCC1O)NCCS(=O)Cc1ccccc1. The van der Waals surface area contributed by atoms with Gasteiger partial charge >= 0.3 is 0 Å². The molecule has 1 aromatic carbocycles. The van der Waals surface area contributed by atoms with Crippen LogP contribution in [0.5, 0.6) is 0 Å². The van der Waals surface area contributed by atoms with Gasteiger partial charge in [-0.3, -0.25) is 9.20 Å². The molecular weight excluding hydrogens is 346 g/mol. The maximum Gasteiger partial charge on any atom is 0.191 e. The number of rotatable bonds is 8.